The number of nitrogens with one attached hydrogen (secondary N) is 1. The van der Waals surface area contributed by atoms with E-state index < -0.39 is 0 Å². The van der Waals surface area contributed by atoms with Gasteiger partial charge in [-0.05, 0) is 48.2 Å². The van der Waals surface area contributed by atoms with Crippen LogP contribution in [0.3, 0.4) is 0 Å². The normalized spacial score (nSPS) is 26.3. The Labute approximate surface area is 113 Å². The first kappa shape index (κ1) is 10.9. The molecule has 96 valence electrons. The van der Waals surface area contributed by atoms with Gasteiger partial charge in [-0.15, -0.1) is 0 Å². The van der Waals surface area contributed by atoms with Crippen molar-refractivity contribution >= 4 is 5.69 Å². The van der Waals surface area contributed by atoms with E-state index in [1.54, 1.807) is 7.11 Å². The quantitative estimate of drug-likeness (QED) is 0.835. The van der Waals surface area contributed by atoms with Crippen molar-refractivity contribution in [1.29, 1.82) is 0 Å². The van der Waals surface area contributed by atoms with Crippen LogP contribution < -0.4 is 10.1 Å². The van der Waals surface area contributed by atoms with E-state index >= 15 is 0 Å². The minimum Gasteiger partial charge on any atom is -0.497 e. The van der Waals surface area contributed by atoms with E-state index in [2.05, 4.69) is 54.7 Å². The van der Waals surface area contributed by atoms with Crippen molar-refractivity contribution in [2.24, 2.45) is 0 Å². The molecule has 1 aliphatic carbocycles. The first-order valence-electron chi connectivity index (χ1n) is 6.77. The predicted octanol–water partition coefficient (Wildman–Crippen LogP) is 3.68. The van der Waals surface area contributed by atoms with Gasteiger partial charge in [0.25, 0.3) is 0 Å². The highest BCUT2D eigenvalue weighted by Crippen LogP contribution is 2.55. The van der Waals surface area contributed by atoms with Crippen LogP contribution in [0.1, 0.15) is 29.5 Å². The van der Waals surface area contributed by atoms with E-state index in [0.29, 0.717) is 5.92 Å². The predicted molar refractivity (Wildman–Crippen MR) is 76.9 cm³/mol. The lowest BCUT2D eigenvalue weighted by Crippen LogP contribution is -2.29. The van der Waals surface area contributed by atoms with Gasteiger partial charge in [0, 0.05) is 11.6 Å². The third kappa shape index (κ3) is 1.31. The van der Waals surface area contributed by atoms with Gasteiger partial charge in [0.2, 0.25) is 0 Å². The van der Waals surface area contributed by atoms with Crippen molar-refractivity contribution < 1.29 is 4.74 Å². The molecule has 0 saturated carbocycles. The van der Waals surface area contributed by atoms with E-state index in [0.717, 1.165) is 12.2 Å². The molecular formula is C17H17NO. The Kier molecular flexibility index (Phi) is 2.03. The summed E-state index contributed by atoms with van der Waals surface area (Å²) < 4.78 is 5.38. The molecule has 2 nitrogen and oxygen atoms in total. The van der Waals surface area contributed by atoms with E-state index in [4.69, 9.17) is 4.74 Å². The van der Waals surface area contributed by atoms with Crippen LogP contribution in [0.4, 0.5) is 5.69 Å². The molecule has 0 radical (unpaired) electrons. The molecule has 19 heavy (non-hydrogen) atoms. The van der Waals surface area contributed by atoms with Crippen molar-refractivity contribution in [3.05, 3.63) is 59.2 Å². The Morgan fingerprint density at radius 1 is 1.21 bits per heavy atom. The molecular weight excluding hydrogens is 234 g/mol. The summed E-state index contributed by atoms with van der Waals surface area (Å²) in [5, 5.41) is 3.72. The van der Waals surface area contributed by atoms with Crippen molar-refractivity contribution in [2.45, 2.75) is 24.8 Å². The number of benzene rings is 2. The Morgan fingerprint density at radius 3 is 2.89 bits per heavy atom. The molecule has 0 spiro atoms. The second-order valence-corrected chi connectivity index (χ2v) is 5.69. The van der Waals surface area contributed by atoms with Gasteiger partial charge in [0.1, 0.15) is 5.75 Å². The van der Waals surface area contributed by atoms with Gasteiger partial charge < -0.3 is 10.1 Å². The lowest BCUT2D eigenvalue weighted by atomic mass is 9.85. The molecule has 1 aliphatic heterocycles. The number of methoxy groups -OCH3 is 1. The summed E-state index contributed by atoms with van der Waals surface area (Å²) in [6.45, 7) is 2.31. The molecule has 1 heterocycles. The van der Waals surface area contributed by atoms with E-state index in [9.17, 15) is 0 Å². The average molecular weight is 251 g/mol. The van der Waals surface area contributed by atoms with Crippen molar-refractivity contribution in [3.63, 3.8) is 0 Å². The standard InChI is InChI=1S/C17H17NO/c1-17-14-10-12(19-2)8-7-11(14)9-15(17)13-5-3-4-6-16(13)18-17/h3-8,10,15,18H,9H2,1-2H3/t15-,17-/m0/s1. The largest absolute Gasteiger partial charge is 0.497 e. The highest BCUT2D eigenvalue weighted by Gasteiger charge is 2.48. The second-order valence-electron chi connectivity index (χ2n) is 5.69. The molecule has 0 unspecified atom stereocenters. The Bertz CT molecular complexity index is 664. The van der Waals surface area contributed by atoms with Gasteiger partial charge in [-0.3, -0.25) is 0 Å². The fraction of sp³-hybridized carbons (Fsp3) is 0.294. The highest BCUT2D eigenvalue weighted by molar-refractivity contribution is 5.67. The van der Waals surface area contributed by atoms with Gasteiger partial charge in [-0.25, -0.2) is 0 Å². The third-order valence-corrected chi connectivity index (χ3v) is 4.73. The lowest BCUT2D eigenvalue weighted by molar-refractivity contribution is 0.412. The van der Waals surface area contributed by atoms with Crippen LogP contribution in [-0.4, -0.2) is 7.11 Å². The second kappa shape index (κ2) is 3.53. The summed E-state index contributed by atoms with van der Waals surface area (Å²) in [7, 11) is 1.73. The molecule has 2 heteroatoms. The number of anilines is 1. The summed E-state index contributed by atoms with van der Waals surface area (Å²) in [5.74, 6) is 1.48. The number of hydrogen-bond acceptors (Lipinski definition) is 2. The molecule has 0 amide bonds. The summed E-state index contributed by atoms with van der Waals surface area (Å²) in [6, 6.07) is 15.1. The monoisotopic (exact) mass is 251 g/mol. The van der Waals surface area contributed by atoms with Crippen LogP contribution in [0.25, 0.3) is 0 Å². The van der Waals surface area contributed by atoms with E-state index in [-0.39, 0.29) is 5.54 Å². The average Bonchev–Trinajstić information content (AvgIpc) is 2.87. The lowest BCUT2D eigenvalue weighted by Gasteiger charge is -2.27. The summed E-state index contributed by atoms with van der Waals surface area (Å²) in [6.07, 6.45) is 1.11. The van der Waals surface area contributed by atoms with Gasteiger partial charge in [-0.2, -0.15) is 0 Å². The Balaban J connectivity index is 1.88. The summed E-state index contributed by atoms with van der Waals surface area (Å²) >= 11 is 0. The van der Waals surface area contributed by atoms with Crippen LogP contribution in [0.15, 0.2) is 42.5 Å². The molecule has 2 aromatic rings. The van der Waals surface area contributed by atoms with Gasteiger partial charge >= 0.3 is 0 Å². The number of rotatable bonds is 1. The molecule has 2 aliphatic rings. The Morgan fingerprint density at radius 2 is 2.05 bits per heavy atom. The molecule has 0 fully saturated rings. The van der Waals surface area contributed by atoms with E-state index in [1.807, 2.05) is 0 Å². The fourth-order valence-corrected chi connectivity index (χ4v) is 3.73. The maximum Gasteiger partial charge on any atom is 0.119 e. The molecule has 0 aromatic heterocycles. The SMILES string of the molecule is COc1ccc2c(c1)[C@]1(C)Nc3ccccc3[C@@H]1C2. The van der Waals surface area contributed by atoms with Gasteiger partial charge in [0.05, 0.1) is 12.6 Å². The number of ether oxygens (including phenoxy) is 1. The minimum absolute atomic E-state index is 0.00750. The molecule has 0 bridgehead atoms. The number of hydrogen-bond donors (Lipinski definition) is 1. The van der Waals surface area contributed by atoms with Gasteiger partial charge in [-0.1, -0.05) is 24.3 Å². The van der Waals surface area contributed by atoms with Crippen molar-refractivity contribution in [2.75, 3.05) is 12.4 Å². The Hall–Kier alpha value is -1.96. The maximum absolute atomic E-state index is 5.38. The van der Waals surface area contributed by atoms with Gasteiger partial charge in [0.15, 0.2) is 0 Å². The third-order valence-electron chi connectivity index (χ3n) is 4.73. The van der Waals surface area contributed by atoms with Crippen LogP contribution in [0.2, 0.25) is 0 Å². The first-order valence-corrected chi connectivity index (χ1v) is 6.77. The van der Waals surface area contributed by atoms with Crippen LogP contribution in [0.5, 0.6) is 5.75 Å². The zero-order chi connectivity index (χ0) is 13.0. The van der Waals surface area contributed by atoms with Crippen LogP contribution in [-0.2, 0) is 12.0 Å². The highest BCUT2D eigenvalue weighted by atomic mass is 16.5. The molecule has 2 atom stereocenters. The summed E-state index contributed by atoms with van der Waals surface area (Å²) in [5.41, 5.74) is 5.56. The topological polar surface area (TPSA) is 21.3 Å². The maximum atomic E-state index is 5.38. The summed E-state index contributed by atoms with van der Waals surface area (Å²) in [4.78, 5) is 0. The molecule has 0 saturated heterocycles. The molecule has 4 rings (SSSR count). The van der Waals surface area contributed by atoms with E-state index in [1.165, 1.54) is 22.4 Å². The zero-order valence-corrected chi connectivity index (χ0v) is 11.2. The van der Waals surface area contributed by atoms with Crippen LogP contribution >= 0.6 is 0 Å². The minimum atomic E-state index is 0.00750. The van der Waals surface area contributed by atoms with Crippen molar-refractivity contribution in [1.82, 2.24) is 0 Å². The van der Waals surface area contributed by atoms with Crippen molar-refractivity contribution in [3.8, 4) is 5.75 Å². The number of para-hydroxylation sites is 1. The smallest absolute Gasteiger partial charge is 0.119 e. The first-order chi connectivity index (χ1) is 9.22. The fourth-order valence-electron chi connectivity index (χ4n) is 3.73. The molecule has 1 N–H and O–H groups in total. The molecule has 2 aromatic carbocycles. The van der Waals surface area contributed by atoms with Crippen LogP contribution in [0, 0.1) is 0 Å². The number of fused-ring (bicyclic) bond motifs is 5. The zero-order valence-electron chi connectivity index (χ0n) is 11.2.